The molecule has 0 saturated carbocycles. The largest absolute Gasteiger partial charge is 0.350 e. The lowest BCUT2D eigenvalue weighted by atomic mass is 10.2. The number of benzene rings is 1. The van der Waals surface area contributed by atoms with Crippen LogP contribution in [0.3, 0.4) is 0 Å². The number of carbonyl (C=O) groups is 1. The smallest absolute Gasteiger partial charge is 0.221 e. The van der Waals surface area contributed by atoms with E-state index in [1.165, 1.54) is 5.56 Å². The SMILES string of the molecule is O=C(CCN1CCN(C/C=C/c2ccccc2)CC1)NCc1ccccn1. The molecule has 1 fully saturated rings. The Labute approximate surface area is 161 Å². The van der Waals surface area contributed by atoms with Gasteiger partial charge in [-0.05, 0) is 17.7 Å². The molecule has 5 heteroatoms. The van der Waals surface area contributed by atoms with Gasteiger partial charge in [-0.2, -0.15) is 0 Å². The van der Waals surface area contributed by atoms with Gasteiger partial charge in [0, 0.05) is 51.9 Å². The van der Waals surface area contributed by atoms with Crippen molar-refractivity contribution in [3.8, 4) is 0 Å². The first-order valence-corrected chi connectivity index (χ1v) is 9.62. The lowest BCUT2D eigenvalue weighted by Gasteiger charge is -2.34. The number of rotatable bonds is 8. The Kier molecular flexibility index (Phi) is 7.56. The molecule has 0 atom stereocenters. The first-order chi connectivity index (χ1) is 13.3. The minimum atomic E-state index is 0.0916. The van der Waals surface area contributed by atoms with Gasteiger partial charge in [0.2, 0.25) is 5.91 Å². The van der Waals surface area contributed by atoms with E-state index in [9.17, 15) is 4.79 Å². The van der Waals surface area contributed by atoms with Crippen LogP contribution in [0.2, 0.25) is 0 Å². The lowest BCUT2D eigenvalue weighted by molar-refractivity contribution is -0.121. The highest BCUT2D eigenvalue weighted by atomic mass is 16.1. The molecule has 1 N–H and O–H groups in total. The van der Waals surface area contributed by atoms with Gasteiger partial charge in [-0.15, -0.1) is 0 Å². The molecule has 0 spiro atoms. The van der Waals surface area contributed by atoms with Crippen molar-refractivity contribution in [2.45, 2.75) is 13.0 Å². The van der Waals surface area contributed by atoms with Gasteiger partial charge in [0.05, 0.1) is 12.2 Å². The fourth-order valence-electron chi connectivity index (χ4n) is 3.14. The lowest BCUT2D eigenvalue weighted by Crippen LogP contribution is -2.47. The predicted molar refractivity (Wildman–Crippen MR) is 109 cm³/mol. The third-order valence-corrected chi connectivity index (χ3v) is 4.79. The molecule has 1 aromatic heterocycles. The quantitative estimate of drug-likeness (QED) is 0.782. The van der Waals surface area contributed by atoms with Crippen LogP contribution in [0.5, 0.6) is 0 Å². The average Bonchev–Trinajstić information content (AvgIpc) is 2.73. The summed E-state index contributed by atoms with van der Waals surface area (Å²) in [4.78, 5) is 21.1. The number of hydrogen-bond donors (Lipinski definition) is 1. The molecule has 27 heavy (non-hydrogen) atoms. The normalized spacial score (nSPS) is 15.9. The number of piperazine rings is 1. The van der Waals surface area contributed by atoms with Gasteiger partial charge >= 0.3 is 0 Å². The zero-order valence-electron chi connectivity index (χ0n) is 15.8. The van der Waals surface area contributed by atoms with Crippen LogP contribution < -0.4 is 5.32 Å². The Morgan fingerprint density at radius 1 is 1.00 bits per heavy atom. The van der Waals surface area contributed by atoms with Gasteiger partial charge in [-0.1, -0.05) is 48.6 Å². The monoisotopic (exact) mass is 364 g/mol. The van der Waals surface area contributed by atoms with Gasteiger partial charge in [0.15, 0.2) is 0 Å². The fraction of sp³-hybridized carbons (Fsp3) is 0.364. The van der Waals surface area contributed by atoms with Gasteiger partial charge in [-0.3, -0.25) is 14.7 Å². The van der Waals surface area contributed by atoms with Gasteiger partial charge in [-0.25, -0.2) is 0 Å². The van der Waals surface area contributed by atoms with E-state index in [4.69, 9.17) is 0 Å². The highest BCUT2D eigenvalue weighted by Crippen LogP contribution is 2.05. The van der Waals surface area contributed by atoms with Crippen LogP contribution in [0, 0.1) is 0 Å². The number of amides is 1. The van der Waals surface area contributed by atoms with E-state index in [-0.39, 0.29) is 5.91 Å². The van der Waals surface area contributed by atoms with Gasteiger partial charge in [0.25, 0.3) is 0 Å². The minimum absolute atomic E-state index is 0.0916. The number of pyridine rings is 1. The molecule has 0 bridgehead atoms. The summed E-state index contributed by atoms with van der Waals surface area (Å²) >= 11 is 0. The summed E-state index contributed by atoms with van der Waals surface area (Å²) < 4.78 is 0. The topological polar surface area (TPSA) is 48.5 Å². The van der Waals surface area contributed by atoms with E-state index in [1.54, 1.807) is 6.20 Å². The molecule has 0 unspecified atom stereocenters. The third kappa shape index (κ3) is 6.96. The van der Waals surface area contributed by atoms with Crippen molar-refractivity contribution in [1.29, 1.82) is 0 Å². The second kappa shape index (κ2) is 10.6. The molecule has 142 valence electrons. The first kappa shape index (κ1) is 19.3. The van der Waals surface area contributed by atoms with Crippen molar-refractivity contribution in [3.63, 3.8) is 0 Å². The van der Waals surface area contributed by atoms with Crippen molar-refractivity contribution in [2.75, 3.05) is 39.3 Å². The molecular weight excluding hydrogens is 336 g/mol. The van der Waals surface area contributed by atoms with Crippen LogP contribution in [0.1, 0.15) is 17.7 Å². The van der Waals surface area contributed by atoms with Crippen molar-refractivity contribution in [1.82, 2.24) is 20.1 Å². The van der Waals surface area contributed by atoms with Crippen LogP contribution in [0.25, 0.3) is 6.08 Å². The van der Waals surface area contributed by atoms with Crippen LogP contribution in [-0.4, -0.2) is 60.0 Å². The first-order valence-electron chi connectivity index (χ1n) is 9.62. The van der Waals surface area contributed by atoms with Crippen molar-refractivity contribution >= 4 is 12.0 Å². The zero-order chi connectivity index (χ0) is 18.7. The Morgan fingerprint density at radius 3 is 2.48 bits per heavy atom. The molecule has 3 rings (SSSR count). The molecule has 1 aliphatic heterocycles. The fourth-order valence-corrected chi connectivity index (χ4v) is 3.14. The van der Waals surface area contributed by atoms with Crippen LogP contribution in [0.4, 0.5) is 0 Å². The van der Waals surface area contributed by atoms with Crippen LogP contribution >= 0.6 is 0 Å². The highest BCUT2D eigenvalue weighted by molar-refractivity contribution is 5.76. The molecule has 2 heterocycles. The van der Waals surface area contributed by atoms with Gasteiger partial charge < -0.3 is 10.2 Å². The van der Waals surface area contributed by atoms with Crippen LogP contribution in [-0.2, 0) is 11.3 Å². The molecule has 1 aliphatic rings. The summed E-state index contributed by atoms with van der Waals surface area (Å²) in [7, 11) is 0. The van der Waals surface area contributed by atoms with E-state index in [0.717, 1.165) is 45.0 Å². The Balaban J connectivity index is 1.29. The van der Waals surface area contributed by atoms with E-state index in [1.807, 2.05) is 24.3 Å². The Hall–Kier alpha value is -2.50. The Morgan fingerprint density at radius 2 is 1.74 bits per heavy atom. The maximum Gasteiger partial charge on any atom is 0.221 e. The summed E-state index contributed by atoms with van der Waals surface area (Å²) in [6.45, 7) is 6.44. The van der Waals surface area contributed by atoms with Crippen molar-refractivity contribution < 1.29 is 4.79 Å². The highest BCUT2D eigenvalue weighted by Gasteiger charge is 2.16. The van der Waals surface area contributed by atoms with Crippen LogP contribution in [0.15, 0.2) is 60.8 Å². The predicted octanol–water partition coefficient (Wildman–Crippen LogP) is 2.42. The van der Waals surface area contributed by atoms with Gasteiger partial charge in [0.1, 0.15) is 0 Å². The van der Waals surface area contributed by atoms with Crippen molar-refractivity contribution in [2.24, 2.45) is 0 Å². The van der Waals surface area contributed by atoms with Crippen molar-refractivity contribution in [3.05, 3.63) is 72.1 Å². The second-order valence-electron chi connectivity index (χ2n) is 6.80. The molecule has 1 saturated heterocycles. The molecule has 1 amide bonds. The number of aromatic nitrogens is 1. The van der Waals surface area contributed by atoms with E-state index < -0.39 is 0 Å². The number of hydrogen-bond acceptors (Lipinski definition) is 4. The Bertz CT molecular complexity index is 710. The summed E-state index contributed by atoms with van der Waals surface area (Å²) in [5, 5.41) is 2.94. The summed E-state index contributed by atoms with van der Waals surface area (Å²) in [5.74, 6) is 0.0916. The number of nitrogens with one attached hydrogen (secondary N) is 1. The molecule has 5 nitrogen and oxygen atoms in total. The van der Waals surface area contributed by atoms with E-state index >= 15 is 0 Å². The summed E-state index contributed by atoms with van der Waals surface area (Å²) in [6, 6.07) is 16.1. The average molecular weight is 364 g/mol. The maximum atomic E-state index is 12.0. The molecular formula is C22H28N4O. The molecule has 0 radical (unpaired) electrons. The van der Waals surface area contributed by atoms with E-state index in [2.05, 4.69) is 56.5 Å². The summed E-state index contributed by atoms with van der Waals surface area (Å²) in [5.41, 5.74) is 2.14. The standard InChI is InChI=1S/C22H28N4O/c27-22(24-19-21-10-4-5-12-23-21)11-14-26-17-15-25(16-18-26)13-6-9-20-7-2-1-3-8-20/h1-10,12H,11,13-19H2,(H,24,27)/b9-6+. The summed E-state index contributed by atoms with van der Waals surface area (Å²) in [6.07, 6.45) is 6.70. The zero-order valence-corrected chi connectivity index (χ0v) is 15.8. The third-order valence-electron chi connectivity index (χ3n) is 4.79. The molecule has 2 aromatic rings. The molecule has 0 aliphatic carbocycles. The molecule has 1 aromatic carbocycles. The van der Waals surface area contributed by atoms with E-state index in [0.29, 0.717) is 13.0 Å². The minimum Gasteiger partial charge on any atom is -0.350 e. The number of nitrogens with zero attached hydrogens (tertiary/aromatic N) is 3. The maximum absolute atomic E-state index is 12.0. The number of carbonyl (C=O) groups excluding carboxylic acids is 1. The second-order valence-corrected chi connectivity index (χ2v) is 6.80.